The Morgan fingerprint density at radius 2 is 1.78 bits per heavy atom. The molecule has 0 bridgehead atoms. The highest BCUT2D eigenvalue weighted by Crippen LogP contribution is 2.30. The van der Waals surface area contributed by atoms with Crippen LogP contribution in [0.5, 0.6) is 5.75 Å². The fourth-order valence-electron chi connectivity index (χ4n) is 4.16. The third-order valence-corrected chi connectivity index (χ3v) is 6.41. The molecule has 0 spiro atoms. The van der Waals surface area contributed by atoms with Crippen LogP contribution in [0, 0.1) is 25.2 Å². The molecule has 36 heavy (non-hydrogen) atoms. The van der Waals surface area contributed by atoms with Crippen LogP contribution in [-0.2, 0) is 11.3 Å². The van der Waals surface area contributed by atoms with Gasteiger partial charge in [0.25, 0.3) is 5.91 Å². The van der Waals surface area contributed by atoms with Crippen molar-refractivity contribution in [2.45, 2.75) is 39.3 Å². The lowest BCUT2D eigenvalue weighted by atomic mass is 10.1. The lowest BCUT2D eigenvalue weighted by Crippen LogP contribution is -2.30. The summed E-state index contributed by atoms with van der Waals surface area (Å²) >= 11 is 0. The Bertz CT molecular complexity index is 1300. The fourth-order valence-corrected chi connectivity index (χ4v) is 4.16. The molecule has 1 aliphatic carbocycles. The standard InChI is InChI=1S/C28H31N5O3/c1-18-19(2)33(23-11-13-24(36-4)14-12-23)27(25(18)15-29)31-26(34)17-32(3)16-20-5-7-21(8-6-20)28(35)30-22-9-10-22/h5-8,11-14,22H,9-10,16-17H2,1-4H3,(H,30,35)(H,31,34). The minimum absolute atomic E-state index is 0.0458. The average molecular weight is 486 g/mol. The van der Waals surface area contributed by atoms with Gasteiger partial charge in [-0.25, -0.2) is 0 Å². The van der Waals surface area contributed by atoms with E-state index in [-0.39, 0.29) is 18.4 Å². The van der Waals surface area contributed by atoms with E-state index >= 15 is 0 Å². The summed E-state index contributed by atoms with van der Waals surface area (Å²) in [6.45, 7) is 4.49. The topological polar surface area (TPSA) is 99.4 Å². The molecule has 8 nitrogen and oxygen atoms in total. The SMILES string of the molecule is COc1ccc(-n2c(C)c(C)c(C#N)c2NC(=O)CN(C)Cc2ccc(C(=O)NC3CC3)cc2)cc1. The van der Waals surface area contributed by atoms with Crippen LogP contribution in [0.15, 0.2) is 48.5 Å². The van der Waals surface area contributed by atoms with Crippen LogP contribution in [-0.4, -0.2) is 48.0 Å². The van der Waals surface area contributed by atoms with Gasteiger partial charge in [-0.05, 0) is 81.3 Å². The number of benzene rings is 2. The number of hydrogen-bond acceptors (Lipinski definition) is 5. The van der Waals surface area contributed by atoms with Crippen LogP contribution in [0.3, 0.4) is 0 Å². The molecule has 2 N–H and O–H groups in total. The summed E-state index contributed by atoms with van der Waals surface area (Å²) in [7, 11) is 3.47. The van der Waals surface area contributed by atoms with E-state index < -0.39 is 0 Å². The number of nitrogens with zero attached hydrogens (tertiary/aromatic N) is 3. The van der Waals surface area contributed by atoms with Crippen molar-refractivity contribution in [2.24, 2.45) is 0 Å². The molecule has 2 amide bonds. The maximum absolute atomic E-state index is 13.0. The molecule has 186 valence electrons. The number of rotatable bonds is 9. The number of nitrogens with one attached hydrogen (secondary N) is 2. The van der Waals surface area contributed by atoms with Crippen molar-refractivity contribution in [1.82, 2.24) is 14.8 Å². The minimum Gasteiger partial charge on any atom is -0.497 e. The van der Waals surface area contributed by atoms with Crippen molar-refractivity contribution in [3.8, 4) is 17.5 Å². The lowest BCUT2D eigenvalue weighted by molar-refractivity contribution is -0.117. The number of anilines is 1. The molecular formula is C28H31N5O3. The first-order valence-electron chi connectivity index (χ1n) is 11.9. The van der Waals surface area contributed by atoms with Gasteiger partial charge in [-0.15, -0.1) is 0 Å². The largest absolute Gasteiger partial charge is 0.497 e. The van der Waals surface area contributed by atoms with E-state index in [1.807, 2.05) is 78.9 Å². The van der Waals surface area contributed by atoms with Crippen molar-refractivity contribution in [3.63, 3.8) is 0 Å². The number of nitriles is 1. The van der Waals surface area contributed by atoms with E-state index in [0.29, 0.717) is 29.5 Å². The second-order valence-corrected chi connectivity index (χ2v) is 9.24. The highest BCUT2D eigenvalue weighted by Gasteiger charge is 2.24. The van der Waals surface area contributed by atoms with Gasteiger partial charge in [-0.2, -0.15) is 5.26 Å². The molecule has 2 aromatic carbocycles. The monoisotopic (exact) mass is 485 g/mol. The Balaban J connectivity index is 1.44. The van der Waals surface area contributed by atoms with Gasteiger partial charge in [0.1, 0.15) is 17.6 Å². The summed E-state index contributed by atoms with van der Waals surface area (Å²) in [5.41, 5.74) is 4.61. The molecule has 4 rings (SSSR count). The van der Waals surface area contributed by atoms with E-state index in [1.165, 1.54) is 0 Å². The molecule has 8 heteroatoms. The molecular weight excluding hydrogens is 454 g/mol. The van der Waals surface area contributed by atoms with E-state index in [4.69, 9.17) is 4.74 Å². The second kappa shape index (κ2) is 10.7. The quantitative estimate of drug-likeness (QED) is 0.478. The number of methoxy groups -OCH3 is 1. The molecule has 0 aliphatic heterocycles. The minimum atomic E-state index is -0.221. The third kappa shape index (κ3) is 5.58. The van der Waals surface area contributed by atoms with Crippen LogP contribution >= 0.6 is 0 Å². The van der Waals surface area contributed by atoms with Crippen LogP contribution in [0.1, 0.15) is 45.6 Å². The van der Waals surface area contributed by atoms with Gasteiger partial charge in [0.2, 0.25) is 5.91 Å². The summed E-state index contributed by atoms with van der Waals surface area (Å²) in [5, 5.41) is 15.7. The number of carbonyl (C=O) groups is 2. The van der Waals surface area contributed by atoms with Crippen molar-refractivity contribution < 1.29 is 14.3 Å². The molecule has 1 aliphatic rings. The van der Waals surface area contributed by atoms with Crippen LogP contribution < -0.4 is 15.4 Å². The normalized spacial score (nSPS) is 12.8. The molecule has 1 fully saturated rings. The Kier molecular flexibility index (Phi) is 7.41. The van der Waals surface area contributed by atoms with Crippen LogP contribution in [0.4, 0.5) is 5.82 Å². The highest BCUT2D eigenvalue weighted by atomic mass is 16.5. The molecule has 0 radical (unpaired) electrons. The first-order valence-corrected chi connectivity index (χ1v) is 11.9. The number of carbonyl (C=O) groups excluding carboxylic acids is 2. The predicted octanol–water partition coefficient (Wildman–Crippen LogP) is 3.94. The second-order valence-electron chi connectivity index (χ2n) is 9.24. The Morgan fingerprint density at radius 1 is 1.11 bits per heavy atom. The van der Waals surface area contributed by atoms with E-state index in [2.05, 4.69) is 16.7 Å². The van der Waals surface area contributed by atoms with Crippen molar-refractivity contribution >= 4 is 17.6 Å². The van der Waals surface area contributed by atoms with Crippen LogP contribution in [0.25, 0.3) is 5.69 Å². The Morgan fingerprint density at radius 3 is 2.36 bits per heavy atom. The summed E-state index contributed by atoms with van der Waals surface area (Å²) in [6, 6.07) is 17.5. The zero-order valence-corrected chi connectivity index (χ0v) is 21.1. The maximum Gasteiger partial charge on any atom is 0.251 e. The van der Waals surface area contributed by atoms with E-state index in [1.54, 1.807) is 7.11 Å². The van der Waals surface area contributed by atoms with Crippen molar-refractivity contribution in [3.05, 3.63) is 76.5 Å². The Hall–Kier alpha value is -4.09. The predicted molar refractivity (Wildman–Crippen MR) is 138 cm³/mol. The number of amides is 2. The number of hydrogen-bond donors (Lipinski definition) is 2. The van der Waals surface area contributed by atoms with Gasteiger partial charge in [-0.3, -0.25) is 19.1 Å². The fraction of sp³-hybridized carbons (Fsp3) is 0.321. The van der Waals surface area contributed by atoms with Crippen LogP contribution in [0.2, 0.25) is 0 Å². The zero-order valence-electron chi connectivity index (χ0n) is 21.1. The molecule has 0 atom stereocenters. The molecule has 1 saturated carbocycles. The smallest absolute Gasteiger partial charge is 0.251 e. The molecule has 3 aromatic rings. The van der Waals surface area contributed by atoms with Gasteiger partial charge in [0.15, 0.2) is 0 Å². The third-order valence-electron chi connectivity index (χ3n) is 6.41. The van der Waals surface area contributed by atoms with Crippen molar-refractivity contribution in [1.29, 1.82) is 5.26 Å². The summed E-state index contributed by atoms with van der Waals surface area (Å²) in [6.07, 6.45) is 2.10. The van der Waals surface area contributed by atoms with Crippen molar-refractivity contribution in [2.75, 3.05) is 26.0 Å². The zero-order chi connectivity index (χ0) is 25.8. The number of likely N-dealkylation sites (N-methyl/N-ethyl adjacent to an activating group) is 1. The number of ether oxygens (including phenoxy) is 1. The highest BCUT2D eigenvalue weighted by molar-refractivity contribution is 5.95. The molecule has 1 heterocycles. The first kappa shape index (κ1) is 25.0. The summed E-state index contributed by atoms with van der Waals surface area (Å²) in [5.74, 6) is 0.920. The molecule has 0 unspecified atom stereocenters. The van der Waals surface area contributed by atoms with Gasteiger partial charge in [0.05, 0.1) is 19.2 Å². The molecule has 0 saturated heterocycles. The summed E-state index contributed by atoms with van der Waals surface area (Å²) in [4.78, 5) is 27.1. The van der Waals surface area contributed by atoms with Gasteiger partial charge in [0, 0.05) is 29.5 Å². The lowest BCUT2D eigenvalue weighted by Gasteiger charge is -2.18. The van der Waals surface area contributed by atoms with Gasteiger partial charge in [-0.1, -0.05) is 12.1 Å². The Labute approximate surface area is 211 Å². The van der Waals surface area contributed by atoms with E-state index in [9.17, 15) is 14.9 Å². The average Bonchev–Trinajstić information content (AvgIpc) is 3.65. The van der Waals surface area contributed by atoms with Gasteiger partial charge >= 0.3 is 0 Å². The van der Waals surface area contributed by atoms with E-state index in [0.717, 1.165) is 41.1 Å². The maximum atomic E-state index is 13.0. The number of aromatic nitrogens is 1. The first-order chi connectivity index (χ1) is 17.3. The van der Waals surface area contributed by atoms with Gasteiger partial charge < -0.3 is 15.4 Å². The summed E-state index contributed by atoms with van der Waals surface area (Å²) < 4.78 is 7.14. The molecule has 1 aromatic heterocycles.